The number of nitrogens with zero attached hydrogens (tertiary/aromatic N) is 4. The molecule has 4 atom stereocenters. The van der Waals surface area contributed by atoms with Gasteiger partial charge in [-0.2, -0.15) is 15.8 Å². The maximum Gasteiger partial charge on any atom is 0.244 e. The maximum atomic E-state index is 13.5. The average molecular weight is 387 g/mol. The van der Waals surface area contributed by atoms with Crippen molar-refractivity contribution in [1.29, 1.82) is 21.2 Å². The third kappa shape index (κ3) is 2.05. The number of pyridine rings is 1. The van der Waals surface area contributed by atoms with E-state index in [2.05, 4.69) is 4.98 Å². The molecule has 2 aliphatic heterocycles. The largest absolute Gasteiger partial charge is 0.443 e. The number of nitrogens with one attached hydrogen (secondary N) is 1. The van der Waals surface area contributed by atoms with E-state index >= 15 is 0 Å². The van der Waals surface area contributed by atoms with Crippen LogP contribution in [0.25, 0.3) is 0 Å². The Labute approximate surface area is 166 Å². The fraction of sp³-hybridized carbons (Fsp3) is 0.286. The molecule has 2 aliphatic rings. The molecule has 29 heavy (non-hydrogen) atoms. The Morgan fingerprint density at radius 1 is 1.10 bits per heavy atom. The number of nitriles is 3. The van der Waals surface area contributed by atoms with Crippen LogP contribution in [0.15, 0.2) is 48.8 Å². The van der Waals surface area contributed by atoms with E-state index in [0.717, 1.165) is 0 Å². The Bertz CT molecular complexity index is 1100. The lowest BCUT2D eigenvalue weighted by molar-refractivity contribution is -0.288. The molecule has 142 valence electrons. The standard InChI is InChI=1S/C21H14FN5O2/c1-13-20(12-25)18(26)29-21(13,15-4-6-16(22)7-5-15)28-17(19(20,10-23)11-24)14-3-2-8-27-9-14/h2-9,13,17,26H,1H3. The van der Waals surface area contributed by atoms with E-state index < -0.39 is 40.4 Å². The van der Waals surface area contributed by atoms with E-state index in [0.29, 0.717) is 11.1 Å². The van der Waals surface area contributed by atoms with Gasteiger partial charge in [0.1, 0.15) is 11.9 Å². The van der Waals surface area contributed by atoms with Gasteiger partial charge in [-0.25, -0.2) is 4.39 Å². The summed E-state index contributed by atoms with van der Waals surface area (Å²) in [6.07, 6.45) is 1.74. The number of ether oxygens (including phenoxy) is 2. The van der Waals surface area contributed by atoms with Crippen molar-refractivity contribution in [3.63, 3.8) is 0 Å². The lowest BCUT2D eigenvalue weighted by Gasteiger charge is -2.48. The number of fused-ring (bicyclic) bond motifs is 2. The summed E-state index contributed by atoms with van der Waals surface area (Å²) in [4.78, 5) is 4.03. The molecule has 2 bridgehead atoms. The van der Waals surface area contributed by atoms with Crippen LogP contribution in [-0.2, 0) is 15.3 Å². The van der Waals surface area contributed by atoms with Crippen LogP contribution in [0.3, 0.4) is 0 Å². The van der Waals surface area contributed by atoms with Crippen molar-refractivity contribution >= 4 is 5.90 Å². The zero-order valence-electron chi connectivity index (χ0n) is 15.3. The highest BCUT2D eigenvalue weighted by molar-refractivity contribution is 5.89. The van der Waals surface area contributed by atoms with Crippen LogP contribution in [-0.4, -0.2) is 10.9 Å². The van der Waals surface area contributed by atoms with Gasteiger partial charge in [0.2, 0.25) is 17.1 Å². The minimum Gasteiger partial charge on any atom is -0.443 e. The summed E-state index contributed by atoms with van der Waals surface area (Å²) in [5.74, 6) is -3.53. The Morgan fingerprint density at radius 3 is 2.34 bits per heavy atom. The van der Waals surface area contributed by atoms with Gasteiger partial charge in [0, 0.05) is 23.5 Å². The molecular weight excluding hydrogens is 373 g/mol. The van der Waals surface area contributed by atoms with Crippen LogP contribution in [0.5, 0.6) is 0 Å². The predicted molar refractivity (Wildman–Crippen MR) is 95.8 cm³/mol. The number of hydrogen-bond acceptors (Lipinski definition) is 7. The SMILES string of the molecule is CC1C2(c3ccc(F)cc3)OC(=N)C1(C#N)C(C#N)(C#N)C(c1cccnc1)O2. The summed E-state index contributed by atoms with van der Waals surface area (Å²) in [5, 5.41) is 38.8. The van der Waals surface area contributed by atoms with E-state index in [1.54, 1.807) is 19.1 Å². The summed E-state index contributed by atoms with van der Waals surface area (Å²) >= 11 is 0. The first kappa shape index (κ1) is 18.6. The first-order valence-corrected chi connectivity index (χ1v) is 8.77. The summed E-state index contributed by atoms with van der Waals surface area (Å²) in [6.45, 7) is 1.59. The van der Waals surface area contributed by atoms with E-state index in [1.807, 2.05) is 18.2 Å². The van der Waals surface area contributed by atoms with Crippen molar-refractivity contribution in [1.82, 2.24) is 4.98 Å². The van der Waals surface area contributed by atoms with Crippen LogP contribution >= 0.6 is 0 Å². The lowest BCUT2D eigenvalue weighted by atomic mass is 9.53. The van der Waals surface area contributed by atoms with Crippen LogP contribution in [0.4, 0.5) is 4.39 Å². The van der Waals surface area contributed by atoms with Crippen molar-refractivity contribution in [3.8, 4) is 18.2 Å². The van der Waals surface area contributed by atoms with Crippen LogP contribution < -0.4 is 0 Å². The normalized spacial score (nSPS) is 31.8. The summed E-state index contributed by atoms with van der Waals surface area (Å²) < 4.78 is 25.6. The van der Waals surface area contributed by atoms with E-state index in [1.165, 1.54) is 36.7 Å². The molecular formula is C21H14FN5O2. The molecule has 1 aromatic carbocycles. The van der Waals surface area contributed by atoms with Crippen LogP contribution in [0.2, 0.25) is 0 Å². The predicted octanol–water partition coefficient (Wildman–Crippen LogP) is 3.33. The van der Waals surface area contributed by atoms with Crippen molar-refractivity contribution in [2.24, 2.45) is 16.7 Å². The molecule has 2 saturated heterocycles. The Hall–Kier alpha value is -3.80. The third-order valence-corrected chi connectivity index (χ3v) is 5.90. The van der Waals surface area contributed by atoms with Crippen molar-refractivity contribution in [2.75, 3.05) is 0 Å². The topological polar surface area (TPSA) is 127 Å². The Morgan fingerprint density at radius 2 is 1.79 bits per heavy atom. The summed E-state index contributed by atoms with van der Waals surface area (Å²) in [6, 6.07) is 14.5. The molecule has 0 spiro atoms. The monoisotopic (exact) mass is 387 g/mol. The zero-order chi connectivity index (χ0) is 20.9. The van der Waals surface area contributed by atoms with Gasteiger partial charge in [-0.15, -0.1) is 0 Å². The number of halogens is 1. The molecule has 1 aromatic heterocycles. The lowest BCUT2D eigenvalue weighted by Crippen LogP contribution is -2.57. The van der Waals surface area contributed by atoms with E-state index in [-0.39, 0.29) is 0 Å². The van der Waals surface area contributed by atoms with E-state index in [4.69, 9.17) is 14.9 Å². The molecule has 4 unspecified atom stereocenters. The molecule has 3 heterocycles. The molecule has 1 N–H and O–H groups in total. The Kier molecular flexibility index (Phi) is 3.91. The van der Waals surface area contributed by atoms with Gasteiger partial charge >= 0.3 is 0 Å². The minimum absolute atomic E-state index is 0.381. The van der Waals surface area contributed by atoms with Gasteiger partial charge in [0.25, 0.3) is 0 Å². The summed E-state index contributed by atoms with van der Waals surface area (Å²) in [5.41, 5.74) is -3.18. The number of benzene rings is 1. The average Bonchev–Trinajstić information content (AvgIpc) is 2.91. The molecule has 0 saturated carbocycles. The van der Waals surface area contributed by atoms with Gasteiger partial charge < -0.3 is 9.47 Å². The molecule has 0 amide bonds. The van der Waals surface area contributed by atoms with Gasteiger partial charge in [-0.3, -0.25) is 10.4 Å². The zero-order valence-corrected chi connectivity index (χ0v) is 15.3. The van der Waals surface area contributed by atoms with E-state index in [9.17, 15) is 20.2 Å². The minimum atomic E-state index is -2.05. The quantitative estimate of drug-likeness (QED) is 0.842. The fourth-order valence-electron chi connectivity index (χ4n) is 4.38. The number of hydrogen-bond donors (Lipinski definition) is 1. The summed E-state index contributed by atoms with van der Waals surface area (Å²) in [7, 11) is 0. The molecule has 0 aliphatic carbocycles. The molecule has 7 nitrogen and oxygen atoms in total. The first-order chi connectivity index (χ1) is 13.9. The second kappa shape index (κ2) is 6.10. The fourth-order valence-corrected chi connectivity index (χ4v) is 4.38. The van der Waals surface area contributed by atoms with Crippen molar-refractivity contribution in [2.45, 2.75) is 18.8 Å². The Balaban J connectivity index is 2.04. The van der Waals surface area contributed by atoms with Crippen LogP contribution in [0, 0.1) is 62.0 Å². The van der Waals surface area contributed by atoms with Crippen molar-refractivity contribution < 1.29 is 13.9 Å². The van der Waals surface area contributed by atoms with Crippen molar-refractivity contribution in [3.05, 3.63) is 65.7 Å². The third-order valence-electron chi connectivity index (χ3n) is 5.90. The van der Waals surface area contributed by atoms with Gasteiger partial charge in [-0.05, 0) is 30.3 Å². The van der Waals surface area contributed by atoms with Crippen LogP contribution in [0.1, 0.15) is 24.2 Å². The highest BCUT2D eigenvalue weighted by Gasteiger charge is 2.79. The molecule has 2 aromatic rings. The highest BCUT2D eigenvalue weighted by atomic mass is 19.1. The first-order valence-electron chi connectivity index (χ1n) is 8.77. The highest BCUT2D eigenvalue weighted by Crippen LogP contribution is 2.68. The second-order valence-corrected chi connectivity index (χ2v) is 7.06. The number of aromatic nitrogens is 1. The maximum absolute atomic E-state index is 13.5. The van der Waals surface area contributed by atoms with Gasteiger partial charge in [-0.1, -0.05) is 13.0 Å². The number of rotatable bonds is 2. The van der Waals surface area contributed by atoms with Gasteiger partial charge in [0.15, 0.2) is 5.41 Å². The smallest absolute Gasteiger partial charge is 0.244 e. The molecule has 2 fully saturated rings. The molecule has 0 radical (unpaired) electrons. The molecule has 4 rings (SSSR count). The van der Waals surface area contributed by atoms with Gasteiger partial charge in [0.05, 0.1) is 24.1 Å². The second-order valence-electron chi connectivity index (χ2n) is 7.06. The molecule has 8 heteroatoms.